The number of nitrogens with one attached hydrogen (secondary N) is 1. The number of anilines is 1. The quantitative estimate of drug-likeness (QED) is 0.916. The summed E-state index contributed by atoms with van der Waals surface area (Å²) in [4.78, 5) is 26.3. The molecule has 0 unspecified atom stereocenters. The highest BCUT2D eigenvalue weighted by molar-refractivity contribution is 9.10. The molecule has 1 saturated heterocycles. The van der Waals surface area contributed by atoms with Gasteiger partial charge in [-0.25, -0.2) is 0 Å². The van der Waals surface area contributed by atoms with Gasteiger partial charge in [-0.05, 0) is 42.8 Å². The lowest BCUT2D eigenvalue weighted by Crippen LogP contribution is -2.41. The third-order valence-corrected chi connectivity index (χ3v) is 4.21. The van der Waals surface area contributed by atoms with Gasteiger partial charge in [0.25, 0.3) is 5.91 Å². The van der Waals surface area contributed by atoms with Crippen LogP contribution in [0.4, 0.5) is 5.69 Å². The summed E-state index contributed by atoms with van der Waals surface area (Å²) in [6, 6.07) is 16.1. The summed E-state index contributed by atoms with van der Waals surface area (Å²) < 4.78 is 0.913. The minimum atomic E-state index is -0.462. The van der Waals surface area contributed by atoms with Crippen LogP contribution < -0.4 is 10.2 Å². The molecule has 3 rings (SSSR count). The maximum atomic E-state index is 12.4. The van der Waals surface area contributed by atoms with Gasteiger partial charge in [0.2, 0.25) is 5.91 Å². The van der Waals surface area contributed by atoms with Crippen molar-refractivity contribution in [1.29, 1.82) is 0 Å². The third kappa shape index (κ3) is 3.04. The van der Waals surface area contributed by atoms with Crippen LogP contribution in [0.25, 0.3) is 0 Å². The van der Waals surface area contributed by atoms with Crippen LogP contribution in [0, 0.1) is 0 Å². The number of amides is 2. The Morgan fingerprint density at radius 1 is 1.09 bits per heavy atom. The van der Waals surface area contributed by atoms with Gasteiger partial charge in [-0.2, -0.15) is 0 Å². The molecule has 0 spiro atoms. The van der Waals surface area contributed by atoms with Gasteiger partial charge in [0.05, 0.1) is 0 Å². The lowest BCUT2D eigenvalue weighted by atomic mass is 10.2. The third-order valence-electron chi connectivity index (χ3n) is 3.69. The first-order chi connectivity index (χ1) is 10.6. The van der Waals surface area contributed by atoms with Crippen LogP contribution >= 0.6 is 15.9 Å². The number of hydrogen-bond acceptors (Lipinski definition) is 2. The van der Waals surface area contributed by atoms with E-state index < -0.39 is 6.04 Å². The summed E-state index contributed by atoms with van der Waals surface area (Å²) >= 11 is 3.33. The minimum absolute atomic E-state index is 0.0586. The molecule has 1 heterocycles. The molecule has 4 nitrogen and oxygen atoms in total. The molecule has 0 aromatic heterocycles. The summed E-state index contributed by atoms with van der Waals surface area (Å²) in [5.74, 6) is -0.280. The molecule has 2 amide bonds. The van der Waals surface area contributed by atoms with Crippen LogP contribution in [0.15, 0.2) is 59.1 Å². The second-order valence-electron chi connectivity index (χ2n) is 5.15. The number of halogens is 1. The van der Waals surface area contributed by atoms with Crippen LogP contribution in [-0.2, 0) is 4.79 Å². The molecule has 112 valence electrons. The van der Waals surface area contributed by atoms with Gasteiger partial charge in [-0.1, -0.05) is 34.1 Å². The van der Waals surface area contributed by atoms with Crippen molar-refractivity contribution in [3.8, 4) is 0 Å². The second kappa shape index (κ2) is 6.32. The molecule has 0 saturated carbocycles. The number of para-hydroxylation sites is 1. The van der Waals surface area contributed by atoms with Gasteiger partial charge in [-0.15, -0.1) is 0 Å². The molecule has 2 aromatic carbocycles. The van der Waals surface area contributed by atoms with Gasteiger partial charge < -0.3 is 10.2 Å². The van der Waals surface area contributed by atoms with E-state index in [0.717, 1.165) is 10.2 Å². The molecule has 5 heteroatoms. The SMILES string of the molecule is O=C(N[C@H]1CCN(c2ccccc2)C1=O)c1ccc(Br)cc1. The molecule has 1 aliphatic rings. The van der Waals surface area contributed by atoms with Crippen LogP contribution in [-0.4, -0.2) is 24.4 Å². The molecule has 2 aromatic rings. The first-order valence-electron chi connectivity index (χ1n) is 7.08. The zero-order chi connectivity index (χ0) is 15.5. The van der Waals surface area contributed by atoms with E-state index in [9.17, 15) is 9.59 Å². The molecular weight excluding hydrogens is 344 g/mol. The van der Waals surface area contributed by atoms with E-state index in [2.05, 4.69) is 21.2 Å². The zero-order valence-corrected chi connectivity index (χ0v) is 13.4. The Hall–Kier alpha value is -2.14. The summed E-state index contributed by atoms with van der Waals surface area (Å²) in [5, 5.41) is 2.82. The monoisotopic (exact) mass is 358 g/mol. The van der Waals surface area contributed by atoms with Crippen LogP contribution in [0.5, 0.6) is 0 Å². The van der Waals surface area contributed by atoms with Gasteiger partial charge in [0.1, 0.15) is 6.04 Å². The number of nitrogens with zero attached hydrogens (tertiary/aromatic N) is 1. The molecule has 1 atom stereocenters. The molecule has 22 heavy (non-hydrogen) atoms. The Morgan fingerprint density at radius 2 is 1.77 bits per heavy atom. The Kier molecular flexibility index (Phi) is 4.24. The fraction of sp³-hybridized carbons (Fsp3) is 0.176. The average Bonchev–Trinajstić information content (AvgIpc) is 2.90. The standard InChI is InChI=1S/C17H15BrN2O2/c18-13-8-6-12(7-9-13)16(21)19-15-10-11-20(17(15)22)14-4-2-1-3-5-14/h1-9,15H,10-11H2,(H,19,21)/t15-/m0/s1. The average molecular weight is 359 g/mol. The molecule has 0 aliphatic carbocycles. The van der Waals surface area contributed by atoms with E-state index in [1.807, 2.05) is 42.5 Å². The van der Waals surface area contributed by atoms with E-state index >= 15 is 0 Å². The van der Waals surface area contributed by atoms with Crippen molar-refractivity contribution in [3.63, 3.8) is 0 Å². The minimum Gasteiger partial charge on any atom is -0.340 e. The topological polar surface area (TPSA) is 49.4 Å². The Bertz CT molecular complexity index is 686. The zero-order valence-electron chi connectivity index (χ0n) is 11.8. The summed E-state index contributed by atoms with van der Waals surface area (Å²) in [6.07, 6.45) is 0.621. The van der Waals surface area contributed by atoms with Crippen molar-refractivity contribution < 1.29 is 9.59 Å². The van der Waals surface area contributed by atoms with E-state index in [-0.39, 0.29) is 11.8 Å². The van der Waals surface area contributed by atoms with E-state index in [1.165, 1.54) is 0 Å². The van der Waals surface area contributed by atoms with Crippen molar-refractivity contribution in [3.05, 3.63) is 64.6 Å². The fourth-order valence-electron chi connectivity index (χ4n) is 2.52. The van der Waals surface area contributed by atoms with Gasteiger partial charge in [-0.3, -0.25) is 9.59 Å². The summed E-state index contributed by atoms with van der Waals surface area (Å²) in [7, 11) is 0. The smallest absolute Gasteiger partial charge is 0.251 e. The lowest BCUT2D eigenvalue weighted by molar-refractivity contribution is -0.118. The first kappa shape index (κ1) is 14.8. The van der Waals surface area contributed by atoms with E-state index in [0.29, 0.717) is 18.5 Å². The maximum Gasteiger partial charge on any atom is 0.251 e. The first-order valence-corrected chi connectivity index (χ1v) is 7.87. The highest BCUT2D eigenvalue weighted by Gasteiger charge is 2.33. The van der Waals surface area contributed by atoms with Crippen molar-refractivity contribution in [2.45, 2.75) is 12.5 Å². The molecule has 1 N–H and O–H groups in total. The second-order valence-corrected chi connectivity index (χ2v) is 6.06. The molecule has 1 aliphatic heterocycles. The molecule has 0 radical (unpaired) electrons. The van der Waals surface area contributed by atoms with E-state index in [4.69, 9.17) is 0 Å². The number of hydrogen-bond donors (Lipinski definition) is 1. The van der Waals surface area contributed by atoms with Gasteiger partial charge in [0.15, 0.2) is 0 Å². The van der Waals surface area contributed by atoms with Gasteiger partial charge in [0, 0.05) is 22.3 Å². The maximum absolute atomic E-state index is 12.4. The fourth-order valence-corrected chi connectivity index (χ4v) is 2.79. The van der Waals surface area contributed by atoms with Gasteiger partial charge >= 0.3 is 0 Å². The lowest BCUT2D eigenvalue weighted by Gasteiger charge is -2.17. The summed E-state index contributed by atoms with van der Waals surface area (Å²) in [5.41, 5.74) is 1.42. The molecular formula is C17H15BrN2O2. The Balaban J connectivity index is 1.68. The largest absolute Gasteiger partial charge is 0.340 e. The van der Waals surface area contributed by atoms with Crippen LogP contribution in [0.3, 0.4) is 0 Å². The predicted molar refractivity (Wildman–Crippen MR) is 88.8 cm³/mol. The Morgan fingerprint density at radius 3 is 2.45 bits per heavy atom. The van der Waals surface area contributed by atoms with E-state index in [1.54, 1.807) is 17.0 Å². The van der Waals surface area contributed by atoms with Crippen molar-refractivity contribution in [2.24, 2.45) is 0 Å². The predicted octanol–water partition coefficient (Wildman–Crippen LogP) is 2.98. The normalized spacial score (nSPS) is 17.6. The summed E-state index contributed by atoms with van der Waals surface area (Å²) in [6.45, 7) is 0.619. The number of carbonyl (C=O) groups excluding carboxylic acids is 2. The number of carbonyl (C=O) groups is 2. The molecule has 1 fully saturated rings. The van der Waals surface area contributed by atoms with Crippen LogP contribution in [0.1, 0.15) is 16.8 Å². The number of benzene rings is 2. The van der Waals surface area contributed by atoms with Crippen molar-refractivity contribution >= 4 is 33.4 Å². The highest BCUT2D eigenvalue weighted by Crippen LogP contribution is 2.21. The van der Waals surface area contributed by atoms with Crippen LogP contribution in [0.2, 0.25) is 0 Å². The van der Waals surface area contributed by atoms with Crippen molar-refractivity contribution in [1.82, 2.24) is 5.32 Å². The van der Waals surface area contributed by atoms with Crippen molar-refractivity contribution in [2.75, 3.05) is 11.4 Å². The molecule has 0 bridgehead atoms. The highest BCUT2D eigenvalue weighted by atomic mass is 79.9. The Labute approximate surface area is 137 Å². The number of rotatable bonds is 3.